The van der Waals surface area contributed by atoms with E-state index in [0.717, 1.165) is 37.2 Å². The number of carbonyl (C=O) groups is 1. The highest BCUT2D eigenvalue weighted by Gasteiger charge is 2.30. The Labute approximate surface area is 175 Å². The van der Waals surface area contributed by atoms with E-state index in [2.05, 4.69) is 14.9 Å². The van der Waals surface area contributed by atoms with Crippen LogP contribution in [0.25, 0.3) is 5.65 Å². The molecule has 3 aromatic rings. The number of hydrogen-bond donors (Lipinski definition) is 1. The number of pyridine rings is 1. The van der Waals surface area contributed by atoms with Crippen LogP contribution in [0.4, 0.5) is 0 Å². The van der Waals surface area contributed by atoms with E-state index in [1.54, 1.807) is 12.1 Å². The van der Waals surface area contributed by atoms with Crippen molar-refractivity contribution < 1.29 is 13.2 Å². The average Bonchev–Trinajstić information content (AvgIpc) is 3.47. The molecule has 0 spiro atoms. The molecule has 2 fully saturated rings. The normalized spacial score (nSPS) is 19.9. The van der Waals surface area contributed by atoms with Crippen LogP contribution in [-0.2, 0) is 10.0 Å². The van der Waals surface area contributed by atoms with Gasteiger partial charge in [0.05, 0.1) is 4.90 Å². The number of likely N-dealkylation sites (tertiary alicyclic amines) is 1. The fourth-order valence-corrected chi connectivity index (χ4v) is 5.26. The second kappa shape index (κ2) is 7.48. The molecule has 30 heavy (non-hydrogen) atoms. The van der Waals surface area contributed by atoms with Crippen LogP contribution in [0.2, 0.25) is 0 Å². The quantitative estimate of drug-likeness (QED) is 0.676. The summed E-state index contributed by atoms with van der Waals surface area (Å²) in [6.45, 7) is 1.24. The minimum absolute atomic E-state index is 0.0508. The molecule has 0 bridgehead atoms. The van der Waals surface area contributed by atoms with Gasteiger partial charge in [0.2, 0.25) is 10.0 Å². The van der Waals surface area contributed by atoms with E-state index >= 15 is 0 Å². The van der Waals surface area contributed by atoms with Gasteiger partial charge in [-0.1, -0.05) is 6.07 Å². The third-order valence-electron chi connectivity index (χ3n) is 5.72. The van der Waals surface area contributed by atoms with Crippen LogP contribution in [0, 0.1) is 0 Å². The van der Waals surface area contributed by atoms with Gasteiger partial charge in [0.25, 0.3) is 5.91 Å². The van der Waals surface area contributed by atoms with Gasteiger partial charge in [-0.05, 0) is 62.1 Å². The Bertz CT molecular complexity index is 1180. The molecule has 1 saturated heterocycles. The molecule has 1 saturated carbocycles. The lowest BCUT2D eigenvalue weighted by Gasteiger charge is -2.32. The summed E-state index contributed by atoms with van der Waals surface area (Å²) in [6, 6.07) is 12.0. The van der Waals surface area contributed by atoms with E-state index in [9.17, 15) is 13.2 Å². The summed E-state index contributed by atoms with van der Waals surface area (Å²) >= 11 is 0. The zero-order valence-electron chi connectivity index (χ0n) is 16.4. The highest BCUT2D eigenvalue weighted by atomic mass is 32.2. The number of piperidine rings is 1. The average molecular weight is 426 g/mol. The minimum Gasteiger partial charge on any atom is -0.338 e. The molecule has 156 valence electrons. The first-order valence-corrected chi connectivity index (χ1v) is 11.7. The fourth-order valence-electron chi connectivity index (χ4n) is 3.96. The second-order valence-electron chi connectivity index (χ2n) is 8.00. The van der Waals surface area contributed by atoms with Crippen molar-refractivity contribution in [1.29, 1.82) is 0 Å². The van der Waals surface area contributed by atoms with E-state index in [1.165, 1.54) is 12.1 Å². The van der Waals surface area contributed by atoms with Gasteiger partial charge in [0, 0.05) is 36.8 Å². The van der Waals surface area contributed by atoms with E-state index in [0.29, 0.717) is 18.7 Å². The van der Waals surface area contributed by atoms with Crippen molar-refractivity contribution in [2.24, 2.45) is 0 Å². The summed E-state index contributed by atoms with van der Waals surface area (Å²) in [5, 5.41) is 8.58. The van der Waals surface area contributed by atoms with Crippen molar-refractivity contribution in [1.82, 2.24) is 24.2 Å². The summed E-state index contributed by atoms with van der Waals surface area (Å²) in [6.07, 6.45) is 5.54. The van der Waals surface area contributed by atoms with Crippen molar-refractivity contribution in [3.63, 3.8) is 0 Å². The van der Waals surface area contributed by atoms with Crippen molar-refractivity contribution in [3.8, 4) is 0 Å². The Balaban J connectivity index is 1.32. The molecule has 9 heteroatoms. The van der Waals surface area contributed by atoms with Crippen molar-refractivity contribution in [3.05, 3.63) is 60.0 Å². The number of aromatic nitrogens is 3. The molecule has 3 heterocycles. The molecule has 1 aliphatic heterocycles. The molecule has 5 rings (SSSR count). The van der Waals surface area contributed by atoms with Gasteiger partial charge >= 0.3 is 0 Å². The van der Waals surface area contributed by atoms with Crippen LogP contribution < -0.4 is 4.72 Å². The summed E-state index contributed by atoms with van der Waals surface area (Å²) in [5.74, 6) is 0.894. The highest BCUT2D eigenvalue weighted by molar-refractivity contribution is 7.89. The number of amides is 1. The topological polar surface area (TPSA) is 96.7 Å². The lowest BCUT2D eigenvalue weighted by atomic mass is 9.96. The molecule has 1 atom stereocenters. The molecule has 1 aliphatic carbocycles. The standard InChI is InChI=1S/C21H23N5O3S/c27-21(15-6-10-18(11-7-15)30(28,29)24-17-8-9-17)25-12-3-4-16(14-25)20-23-22-19-5-1-2-13-26(19)20/h1-2,5-7,10-11,13,16-17,24H,3-4,8-9,12,14H2. The number of hydrogen-bond acceptors (Lipinski definition) is 5. The van der Waals surface area contributed by atoms with E-state index < -0.39 is 10.0 Å². The van der Waals surface area contributed by atoms with Gasteiger partial charge in [-0.25, -0.2) is 13.1 Å². The fraction of sp³-hybridized carbons (Fsp3) is 0.381. The van der Waals surface area contributed by atoms with Crippen LogP contribution in [0.1, 0.15) is 47.8 Å². The van der Waals surface area contributed by atoms with Crippen LogP contribution in [-0.4, -0.2) is 53.0 Å². The third-order valence-corrected chi connectivity index (χ3v) is 7.26. The summed E-state index contributed by atoms with van der Waals surface area (Å²) in [7, 11) is -3.52. The first-order valence-electron chi connectivity index (χ1n) is 10.2. The molecule has 1 unspecified atom stereocenters. The number of nitrogens with one attached hydrogen (secondary N) is 1. The largest absolute Gasteiger partial charge is 0.338 e. The van der Waals surface area contributed by atoms with Crippen LogP contribution >= 0.6 is 0 Å². The van der Waals surface area contributed by atoms with Crippen LogP contribution in [0.5, 0.6) is 0 Å². The predicted molar refractivity (Wildman–Crippen MR) is 111 cm³/mol. The van der Waals surface area contributed by atoms with Gasteiger partial charge in [0.15, 0.2) is 5.65 Å². The monoisotopic (exact) mass is 425 g/mol. The third kappa shape index (κ3) is 3.70. The van der Waals surface area contributed by atoms with Crippen molar-refractivity contribution in [2.45, 2.75) is 42.5 Å². The van der Waals surface area contributed by atoms with Crippen molar-refractivity contribution in [2.75, 3.05) is 13.1 Å². The highest BCUT2D eigenvalue weighted by Crippen LogP contribution is 2.27. The Kier molecular flexibility index (Phi) is 4.79. The lowest BCUT2D eigenvalue weighted by molar-refractivity contribution is 0.0704. The number of fused-ring (bicyclic) bond motifs is 1. The van der Waals surface area contributed by atoms with Gasteiger partial charge in [0.1, 0.15) is 5.82 Å². The van der Waals surface area contributed by atoms with Crippen molar-refractivity contribution >= 4 is 21.6 Å². The number of sulfonamides is 1. The summed E-state index contributed by atoms with van der Waals surface area (Å²) in [4.78, 5) is 15.1. The molecular weight excluding hydrogens is 402 g/mol. The predicted octanol–water partition coefficient (Wildman–Crippen LogP) is 2.19. The van der Waals surface area contributed by atoms with Gasteiger partial charge in [-0.15, -0.1) is 10.2 Å². The Morgan fingerprint density at radius 3 is 2.60 bits per heavy atom. The van der Waals surface area contributed by atoms with E-state index in [1.807, 2.05) is 33.7 Å². The van der Waals surface area contributed by atoms with Crippen LogP contribution in [0.3, 0.4) is 0 Å². The lowest BCUT2D eigenvalue weighted by Crippen LogP contribution is -2.39. The van der Waals surface area contributed by atoms with Gasteiger partial charge in [-0.3, -0.25) is 9.20 Å². The van der Waals surface area contributed by atoms with Crippen LogP contribution in [0.15, 0.2) is 53.6 Å². The SMILES string of the molecule is O=C(c1ccc(S(=O)(=O)NC2CC2)cc1)N1CCCC(c2nnc3ccccn23)C1. The molecule has 1 N–H and O–H groups in total. The second-order valence-corrected chi connectivity index (χ2v) is 9.71. The Morgan fingerprint density at radius 1 is 1.03 bits per heavy atom. The molecule has 8 nitrogen and oxygen atoms in total. The first kappa shape index (κ1) is 19.2. The van der Waals surface area contributed by atoms with E-state index in [4.69, 9.17) is 0 Å². The Hall–Kier alpha value is -2.78. The maximum atomic E-state index is 13.0. The number of benzene rings is 1. The maximum absolute atomic E-state index is 13.0. The zero-order chi connectivity index (χ0) is 20.7. The summed E-state index contributed by atoms with van der Waals surface area (Å²) in [5.41, 5.74) is 1.29. The summed E-state index contributed by atoms with van der Waals surface area (Å²) < 4.78 is 29.3. The molecular formula is C21H23N5O3S. The maximum Gasteiger partial charge on any atom is 0.253 e. The van der Waals surface area contributed by atoms with Gasteiger partial charge in [-0.2, -0.15) is 0 Å². The number of carbonyl (C=O) groups excluding carboxylic acids is 1. The zero-order valence-corrected chi connectivity index (χ0v) is 17.3. The van der Waals surface area contributed by atoms with Gasteiger partial charge < -0.3 is 4.90 Å². The Morgan fingerprint density at radius 2 is 1.83 bits per heavy atom. The smallest absolute Gasteiger partial charge is 0.253 e. The molecule has 1 amide bonds. The van der Waals surface area contributed by atoms with E-state index in [-0.39, 0.29) is 22.8 Å². The molecule has 0 radical (unpaired) electrons. The number of nitrogens with zero attached hydrogens (tertiary/aromatic N) is 4. The minimum atomic E-state index is -3.52. The molecule has 1 aromatic carbocycles. The first-order chi connectivity index (χ1) is 14.5. The molecule has 2 aliphatic rings. The molecule has 2 aromatic heterocycles. The number of rotatable bonds is 5.